The van der Waals surface area contributed by atoms with Crippen LogP contribution in [-0.4, -0.2) is 24.5 Å². The van der Waals surface area contributed by atoms with Gasteiger partial charge in [-0.2, -0.15) is 0 Å². The number of thioether (sulfide) groups is 1. The molecule has 0 fully saturated rings. The van der Waals surface area contributed by atoms with Crippen LogP contribution in [0.2, 0.25) is 0 Å². The van der Waals surface area contributed by atoms with Crippen molar-refractivity contribution in [1.82, 2.24) is 10.3 Å². The molecule has 0 aliphatic carbocycles. The van der Waals surface area contributed by atoms with Crippen molar-refractivity contribution in [3.8, 4) is 0 Å². The molecule has 3 rings (SSSR count). The Balaban J connectivity index is 1.85. The zero-order valence-electron chi connectivity index (χ0n) is 10.7. The van der Waals surface area contributed by atoms with Crippen molar-refractivity contribution in [1.29, 1.82) is 0 Å². The van der Waals surface area contributed by atoms with Gasteiger partial charge in [0.25, 0.3) is 0 Å². The Kier molecular flexibility index (Phi) is 3.29. The molecule has 0 saturated heterocycles. The number of dihydropyridines is 1. The Hall–Kier alpha value is -1.39. The second-order valence-electron chi connectivity index (χ2n) is 4.63. The minimum Gasteiger partial charge on any atom is -0.363 e. The van der Waals surface area contributed by atoms with Crippen molar-refractivity contribution in [2.75, 3.05) is 19.0 Å². The van der Waals surface area contributed by atoms with Crippen molar-refractivity contribution >= 4 is 34.1 Å². The molecular weight excluding hydrogens is 278 g/mol. The van der Waals surface area contributed by atoms with Gasteiger partial charge in [0.1, 0.15) is 16.3 Å². The lowest BCUT2D eigenvalue weighted by Gasteiger charge is -2.17. The quantitative estimate of drug-likeness (QED) is 0.847. The highest BCUT2D eigenvalue weighted by Crippen LogP contribution is 2.42. The van der Waals surface area contributed by atoms with E-state index in [4.69, 9.17) is 11.6 Å². The minimum atomic E-state index is 0.223. The number of pyridine rings is 1. The lowest BCUT2D eigenvalue weighted by atomic mass is 10.1. The molecule has 0 bridgehead atoms. The zero-order valence-corrected chi connectivity index (χ0v) is 12.3. The molecule has 0 saturated carbocycles. The average Bonchev–Trinajstić information content (AvgIpc) is 2.81. The van der Waals surface area contributed by atoms with Gasteiger partial charge in [-0.3, -0.25) is 0 Å². The number of hydrogen-bond acceptors (Lipinski definition) is 4. The fourth-order valence-electron chi connectivity index (χ4n) is 1.99. The van der Waals surface area contributed by atoms with Crippen LogP contribution < -0.4 is 10.2 Å². The molecule has 0 radical (unpaired) electrons. The summed E-state index contributed by atoms with van der Waals surface area (Å²) in [5, 5.41) is 4.16. The summed E-state index contributed by atoms with van der Waals surface area (Å²) in [7, 11) is 3.98. The van der Waals surface area contributed by atoms with Crippen molar-refractivity contribution in [2.45, 2.75) is 5.37 Å². The van der Waals surface area contributed by atoms with Crippen LogP contribution in [0.1, 0.15) is 5.56 Å². The molecular formula is C14H14ClN3S. The number of anilines is 1. The topological polar surface area (TPSA) is 28.2 Å². The number of aromatic nitrogens is 1. The summed E-state index contributed by atoms with van der Waals surface area (Å²) >= 11 is 7.75. The molecule has 19 heavy (non-hydrogen) atoms. The van der Waals surface area contributed by atoms with Crippen molar-refractivity contribution in [3.05, 3.63) is 52.9 Å². The molecule has 1 N–H and O–H groups in total. The minimum absolute atomic E-state index is 0.223. The van der Waals surface area contributed by atoms with E-state index in [1.807, 2.05) is 37.3 Å². The van der Waals surface area contributed by atoms with E-state index in [9.17, 15) is 0 Å². The summed E-state index contributed by atoms with van der Waals surface area (Å²) in [6, 6.07) is 4.14. The molecule has 3 heterocycles. The van der Waals surface area contributed by atoms with Crippen molar-refractivity contribution in [3.63, 3.8) is 0 Å². The van der Waals surface area contributed by atoms with Crippen LogP contribution in [0.5, 0.6) is 0 Å². The van der Waals surface area contributed by atoms with E-state index in [-0.39, 0.29) is 5.37 Å². The third-order valence-electron chi connectivity index (χ3n) is 3.03. The van der Waals surface area contributed by atoms with Crippen LogP contribution in [0.3, 0.4) is 0 Å². The maximum absolute atomic E-state index is 5.98. The SMILES string of the molecule is CN(C)c1ccc(C2=CC3=CC=C(Cl)NC3S2)cn1. The molecule has 2 aliphatic rings. The Bertz CT molecular complexity index is 587. The highest BCUT2D eigenvalue weighted by molar-refractivity contribution is 8.09. The summed E-state index contributed by atoms with van der Waals surface area (Å²) in [6.07, 6.45) is 8.06. The van der Waals surface area contributed by atoms with Crippen LogP contribution in [-0.2, 0) is 0 Å². The van der Waals surface area contributed by atoms with Gasteiger partial charge in [-0.1, -0.05) is 29.4 Å². The number of allylic oxidation sites excluding steroid dienone is 2. The molecule has 3 nitrogen and oxygen atoms in total. The van der Waals surface area contributed by atoms with Gasteiger partial charge in [-0.15, -0.1) is 0 Å². The molecule has 2 aliphatic heterocycles. The molecule has 0 amide bonds. The maximum atomic E-state index is 5.98. The van der Waals surface area contributed by atoms with Crippen LogP contribution >= 0.6 is 23.4 Å². The largest absolute Gasteiger partial charge is 0.363 e. The normalized spacial score (nSPS) is 21.0. The maximum Gasteiger partial charge on any atom is 0.127 e. The Labute approximate surface area is 122 Å². The van der Waals surface area contributed by atoms with Gasteiger partial charge in [0, 0.05) is 30.8 Å². The summed E-state index contributed by atoms with van der Waals surface area (Å²) in [4.78, 5) is 7.66. The van der Waals surface area contributed by atoms with Gasteiger partial charge in [-0.25, -0.2) is 4.98 Å². The van der Waals surface area contributed by atoms with Gasteiger partial charge < -0.3 is 10.2 Å². The molecule has 0 aromatic carbocycles. The number of rotatable bonds is 2. The van der Waals surface area contributed by atoms with Crippen LogP contribution in [0, 0.1) is 0 Å². The summed E-state index contributed by atoms with van der Waals surface area (Å²) < 4.78 is 0. The molecule has 5 heteroatoms. The average molecular weight is 292 g/mol. The van der Waals surface area contributed by atoms with E-state index in [1.54, 1.807) is 11.8 Å². The van der Waals surface area contributed by atoms with E-state index in [0.717, 1.165) is 11.4 Å². The number of hydrogen-bond donors (Lipinski definition) is 1. The predicted octanol–water partition coefficient (Wildman–Crippen LogP) is 3.17. The predicted molar refractivity (Wildman–Crippen MR) is 83.1 cm³/mol. The van der Waals surface area contributed by atoms with Crippen molar-refractivity contribution < 1.29 is 0 Å². The molecule has 1 unspecified atom stereocenters. The molecule has 1 aromatic heterocycles. The zero-order chi connectivity index (χ0) is 13.4. The first kappa shape index (κ1) is 12.6. The fraction of sp³-hybridized carbons (Fsp3) is 0.214. The van der Waals surface area contributed by atoms with Crippen LogP contribution in [0.4, 0.5) is 5.82 Å². The Morgan fingerprint density at radius 1 is 1.32 bits per heavy atom. The van der Waals surface area contributed by atoms with Crippen LogP contribution in [0.25, 0.3) is 4.91 Å². The second kappa shape index (κ2) is 4.94. The number of nitrogens with zero attached hydrogens (tertiary/aromatic N) is 2. The third-order valence-corrected chi connectivity index (χ3v) is 4.50. The first-order valence-electron chi connectivity index (χ1n) is 5.99. The highest BCUT2D eigenvalue weighted by Gasteiger charge is 2.25. The lowest BCUT2D eigenvalue weighted by molar-refractivity contribution is 0.872. The molecule has 0 spiro atoms. The molecule has 1 atom stereocenters. The Morgan fingerprint density at radius 2 is 2.16 bits per heavy atom. The van der Waals surface area contributed by atoms with E-state index in [1.165, 1.54) is 10.5 Å². The summed E-state index contributed by atoms with van der Waals surface area (Å²) in [6.45, 7) is 0. The van der Waals surface area contributed by atoms with E-state index in [2.05, 4.69) is 28.5 Å². The standard InChI is InChI=1S/C14H14ClN3S/c1-18(2)13-6-4-10(8-16-13)11-7-9-3-5-12(15)17-14(9)19-11/h3-8,14,17H,1-2H3. The van der Waals surface area contributed by atoms with Crippen molar-refractivity contribution in [2.24, 2.45) is 0 Å². The molecule has 1 aromatic rings. The third kappa shape index (κ3) is 2.51. The number of halogens is 1. The van der Waals surface area contributed by atoms with Gasteiger partial charge in [-0.05, 0) is 29.9 Å². The fourth-order valence-corrected chi connectivity index (χ4v) is 3.42. The van der Waals surface area contributed by atoms with Gasteiger partial charge in [0.2, 0.25) is 0 Å². The van der Waals surface area contributed by atoms with Gasteiger partial charge in [0.05, 0.1) is 0 Å². The highest BCUT2D eigenvalue weighted by atomic mass is 35.5. The monoisotopic (exact) mass is 291 g/mol. The van der Waals surface area contributed by atoms with E-state index >= 15 is 0 Å². The van der Waals surface area contributed by atoms with E-state index < -0.39 is 0 Å². The first-order valence-corrected chi connectivity index (χ1v) is 7.25. The second-order valence-corrected chi connectivity index (χ2v) is 6.19. The smallest absolute Gasteiger partial charge is 0.127 e. The molecule has 98 valence electrons. The van der Waals surface area contributed by atoms with Crippen LogP contribution in [0.15, 0.2) is 47.3 Å². The number of nitrogens with one attached hydrogen (secondary N) is 1. The summed E-state index contributed by atoms with van der Waals surface area (Å²) in [5.41, 5.74) is 2.39. The van der Waals surface area contributed by atoms with Gasteiger partial charge >= 0.3 is 0 Å². The van der Waals surface area contributed by atoms with Gasteiger partial charge in [0.15, 0.2) is 0 Å². The van der Waals surface area contributed by atoms with E-state index in [0.29, 0.717) is 5.16 Å². The summed E-state index contributed by atoms with van der Waals surface area (Å²) in [5.74, 6) is 0.965. The first-order chi connectivity index (χ1) is 9.13. The lowest BCUT2D eigenvalue weighted by Crippen LogP contribution is -2.24. The Morgan fingerprint density at radius 3 is 2.84 bits per heavy atom. The number of fused-ring (bicyclic) bond motifs is 1.